The molecule has 0 bridgehead atoms. The lowest BCUT2D eigenvalue weighted by Gasteiger charge is -2.22. The van der Waals surface area contributed by atoms with Gasteiger partial charge in [-0.3, -0.25) is 14.4 Å². The maximum atomic E-state index is 11.9. The standard InChI is InChI=1S/C16H23N3O3/c1-11(20)17-9-10-18-14(21)15(22)19-13-8-6-5-7-12(13)16(2,3)4/h5-8H,9-10H2,1-4H3,(H,17,20)(H,18,21)(H,19,22). The topological polar surface area (TPSA) is 87.3 Å². The number of carbonyl (C=O) groups excluding carboxylic acids is 3. The van der Waals surface area contributed by atoms with E-state index in [0.717, 1.165) is 5.56 Å². The second-order valence-corrected chi connectivity index (χ2v) is 5.99. The molecule has 0 unspecified atom stereocenters. The van der Waals surface area contributed by atoms with Gasteiger partial charge < -0.3 is 16.0 Å². The highest BCUT2D eigenvalue weighted by atomic mass is 16.2. The van der Waals surface area contributed by atoms with E-state index in [4.69, 9.17) is 0 Å². The molecule has 3 amide bonds. The van der Waals surface area contributed by atoms with Gasteiger partial charge >= 0.3 is 11.8 Å². The van der Waals surface area contributed by atoms with Gasteiger partial charge in [0.2, 0.25) is 5.91 Å². The summed E-state index contributed by atoms with van der Waals surface area (Å²) in [5.41, 5.74) is 1.43. The number of amides is 3. The van der Waals surface area contributed by atoms with Crippen LogP contribution in [0.1, 0.15) is 33.3 Å². The summed E-state index contributed by atoms with van der Waals surface area (Å²) in [6, 6.07) is 7.39. The van der Waals surface area contributed by atoms with Gasteiger partial charge in [-0.15, -0.1) is 0 Å². The fraction of sp³-hybridized carbons (Fsp3) is 0.438. The van der Waals surface area contributed by atoms with Crippen LogP contribution < -0.4 is 16.0 Å². The van der Waals surface area contributed by atoms with E-state index in [9.17, 15) is 14.4 Å². The summed E-state index contributed by atoms with van der Waals surface area (Å²) >= 11 is 0. The van der Waals surface area contributed by atoms with E-state index in [1.54, 1.807) is 12.1 Å². The van der Waals surface area contributed by atoms with Crippen LogP contribution in [-0.4, -0.2) is 30.8 Å². The fourth-order valence-electron chi connectivity index (χ4n) is 1.92. The van der Waals surface area contributed by atoms with Crippen molar-refractivity contribution in [1.82, 2.24) is 10.6 Å². The first-order chi connectivity index (χ1) is 10.2. The van der Waals surface area contributed by atoms with Crippen molar-refractivity contribution in [2.45, 2.75) is 33.1 Å². The highest BCUT2D eigenvalue weighted by Crippen LogP contribution is 2.29. The summed E-state index contributed by atoms with van der Waals surface area (Å²) < 4.78 is 0. The van der Waals surface area contributed by atoms with Crippen LogP contribution in [0.4, 0.5) is 5.69 Å². The Labute approximate surface area is 130 Å². The van der Waals surface area contributed by atoms with Gasteiger partial charge in [-0.25, -0.2) is 0 Å². The summed E-state index contributed by atoms with van der Waals surface area (Å²) in [6.07, 6.45) is 0. The number of para-hydroxylation sites is 1. The van der Waals surface area contributed by atoms with E-state index >= 15 is 0 Å². The van der Waals surface area contributed by atoms with Crippen LogP contribution in [0, 0.1) is 0 Å². The van der Waals surface area contributed by atoms with E-state index in [1.807, 2.05) is 32.9 Å². The Kier molecular flexibility index (Phi) is 6.10. The van der Waals surface area contributed by atoms with Gasteiger partial charge in [-0.2, -0.15) is 0 Å². The first kappa shape index (κ1) is 17.7. The monoisotopic (exact) mass is 305 g/mol. The number of hydrogen-bond acceptors (Lipinski definition) is 3. The molecule has 1 rings (SSSR count). The Bertz CT molecular complexity index is 562. The molecule has 0 saturated heterocycles. The van der Waals surface area contributed by atoms with Crippen molar-refractivity contribution in [2.75, 3.05) is 18.4 Å². The van der Waals surface area contributed by atoms with Gasteiger partial charge in [-0.1, -0.05) is 39.0 Å². The average Bonchev–Trinajstić information content (AvgIpc) is 2.42. The fourth-order valence-corrected chi connectivity index (χ4v) is 1.92. The van der Waals surface area contributed by atoms with Gasteiger partial charge in [0.1, 0.15) is 0 Å². The number of nitrogens with one attached hydrogen (secondary N) is 3. The van der Waals surface area contributed by atoms with E-state index in [-0.39, 0.29) is 24.4 Å². The Morgan fingerprint density at radius 2 is 1.55 bits per heavy atom. The van der Waals surface area contributed by atoms with Gasteiger partial charge in [0.25, 0.3) is 0 Å². The summed E-state index contributed by atoms with van der Waals surface area (Å²) in [7, 11) is 0. The van der Waals surface area contributed by atoms with Gasteiger partial charge in [0, 0.05) is 25.7 Å². The maximum absolute atomic E-state index is 11.9. The zero-order valence-corrected chi connectivity index (χ0v) is 13.4. The van der Waals surface area contributed by atoms with Crippen LogP contribution in [0.25, 0.3) is 0 Å². The van der Waals surface area contributed by atoms with Gasteiger partial charge in [-0.05, 0) is 17.0 Å². The third-order valence-corrected chi connectivity index (χ3v) is 2.97. The quantitative estimate of drug-likeness (QED) is 0.576. The van der Waals surface area contributed by atoms with E-state index in [0.29, 0.717) is 5.69 Å². The molecule has 6 nitrogen and oxygen atoms in total. The molecule has 22 heavy (non-hydrogen) atoms. The first-order valence-corrected chi connectivity index (χ1v) is 7.15. The Hall–Kier alpha value is -2.37. The third-order valence-electron chi connectivity index (χ3n) is 2.97. The van der Waals surface area contributed by atoms with Crippen molar-refractivity contribution >= 4 is 23.4 Å². The normalized spacial score (nSPS) is 10.7. The van der Waals surface area contributed by atoms with Crippen LogP contribution in [0.15, 0.2) is 24.3 Å². The van der Waals surface area contributed by atoms with Crippen LogP contribution in [0.3, 0.4) is 0 Å². The zero-order chi connectivity index (χ0) is 16.8. The third kappa shape index (κ3) is 5.55. The molecule has 0 heterocycles. The first-order valence-electron chi connectivity index (χ1n) is 7.15. The van der Waals surface area contributed by atoms with Crippen LogP contribution >= 0.6 is 0 Å². The van der Waals surface area contributed by atoms with Crippen LogP contribution in [0.2, 0.25) is 0 Å². The largest absolute Gasteiger partial charge is 0.355 e. The summed E-state index contributed by atoms with van der Waals surface area (Å²) in [5, 5.41) is 7.61. The maximum Gasteiger partial charge on any atom is 0.313 e. The molecule has 0 spiro atoms. The molecule has 0 aliphatic heterocycles. The van der Waals surface area contributed by atoms with E-state index < -0.39 is 11.8 Å². The molecule has 0 aromatic heterocycles. The Morgan fingerprint density at radius 3 is 2.14 bits per heavy atom. The highest BCUT2D eigenvalue weighted by Gasteiger charge is 2.20. The summed E-state index contributed by atoms with van der Waals surface area (Å²) in [5.74, 6) is -1.63. The van der Waals surface area contributed by atoms with Crippen molar-refractivity contribution in [1.29, 1.82) is 0 Å². The minimum absolute atomic E-state index is 0.147. The van der Waals surface area contributed by atoms with E-state index in [1.165, 1.54) is 6.92 Å². The van der Waals surface area contributed by atoms with Gasteiger partial charge in [0.05, 0.1) is 0 Å². The minimum Gasteiger partial charge on any atom is -0.355 e. The molecule has 0 aliphatic carbocycles. The molecule has 6 heteroatoms. The molecule has 120 valence electrons. The number of rotatable bonds is 4. The smallest absolute Gasteiger partial charge is 0.313 e. The van der Waals surface area contributed by atoms with Crippen molar-refractivity contribution in [2.24, 2.45) is 0 Å². The summed E-state index contributed by atoms with van der Waals surface area (Å²) in [6.45, 7) is 7.97. The molecule has 0 atom stereocenters. The molecule has 1 aromatic carbocycles. The van der Waals surface area contributed by atoms with Crippen molar-refractivity contribution in [3.63, 3.8) is 0 Å². The molecule has 0 radical (unpaired) electrons. The minimum atomic E-state index is -0.728. The molecule has 1 aromatic rings. The molecule has 3 N–H and O–H groups in total. The average molecular weight is 305 g/mol. The number of carbonyl (C=O) groups is 3. The predicted molar refractivity (Wildman–Crippen MR) is 85.5 cm³/mol. The van der Waals surface area contributed by atoms with Crippen LogP contribution in [0.5, 0.6) is 0 Å². The SMILES string of the molecule is CC(=O)NCCNC(=O)C(=O)Nc1ccccc1C(C)(C)C. The lowest BCUT2D eigenvalue weighted by molar-refractivity contribution is -0.136. The number of hydrogen-bond donors (Lipinski definition) is 3. The molecule has 0 fully saturated rings. The molecular formula is C16H23N3O3. The Balaban J connectivity index is 2.62. The number of anilines is 1. The highest BCUT2D eigenvalue weighted by molar-refractivity contribution is 6.39. The number of benzene rings is 1. The Morgan fingerprint density at radius 1 is 0.955 bits per heavy atom. The van der Waals surface area contributed by atoms with Gasteiger partial charge in [0.15, 0.2) is 0 Å². The predicted octanol–water partition coefficient (Wildman–Crippen LogP) is 1.17. The second-order valence-electron chi connectivity index (χ2n) is 5.99. The van der Waals surface area contributed by atoms with E-state index in [2.05, 4.69) is 16.0 Å². The lowest BCUT2D eigenvalue weighted by atomic mass is 9.86. The van der Waals surface area contributed by atoms with Crippen molar-refractivity contribution in [3.8, 4) is 0 Å². The molecule has 0 aliphatic rings. The van der Waals surface area contributed by atoms with Crippen LogP contribution in [-0.2, 0) is 19.8 Å². The molecular weight excluding hydrogens is 282 g/mol. The summed E-state index contributed by atoms with van der Waals surface area (Å²) in [4.78, 5) is 34.3. The second kappa shape index (κ2) is 7.59. The van der Waals surface area contributed by atoms with Crippen molar-refractivity contribution < 1.29 is 14.4 Å². The molecule has 0 saturated carbocycles. The lowest BCUT2D eigenvalue weighted by Crippen LogP contribution is -2.40. The zero-order valence-electron chi connectivity index (χ0n) is 13.4. The van der Waals surface area contributed by atoms with Crippen molar-refractivity contribution in [3.05, 3.63) is 29.8 Å².